The van der Waals surface area contributed by atoms with Crippen molar-refractivity contribution in [1.29, 1.82) is 0 Å². The molecule has 0 fully saturated rings. The molecule has 1 aromatic heterocycles. The van der Waals surface area contributed by atoms with Gasteiger partial charge in [-0.15, -0.1) is 0 Å². The highest BCUT2D eigenvalue weighted by molar-refractivity contribution is 5.79. The monoisotopic (exact) mass is 206 g/mol. The van der Waals surface area contributed by atoms with Crippen molar-refractivity contribution in [2.24, 2.45) is 0 Å². The SMILES string of the molecule is CC(C)c1ccc2c(cnn2C(C)F)c1. The Morgan fingerprint density at radius 3 is 2.60 bits per heavy atom. The molecule has 2 aromatic rings. The van der Waals surface area contributed by atoms with Gasteiger partial charge in [-0.1, -0.05) is 19.9 Å². The summed E-state index contributed by atoms with van der Waals surface area (Å²) < 4.78 is 14.6. The summed E-state index contributed by atoms with van der Waals surface area (Å²) in [6, 6.07) is 6.05. The molecule has 80 valence electrons. The van der Waals surface area contributed by atoms with Gasteiger partial charge in [-0.3, -0.25) is 0 Å². The Labute approximate surface area is 88.7 Å². The van der Waals surface area contributed by atoms with Crippen molar-refractivity contribution in [3.05, 3.63) is 30.0 Å². The van der Waals surface area contributed by atoms with E-state index in [1.165, 1.54) is 17.2 Å². The molecule has 0 amide bonds. The first-order valence-corrected chi connectivity index (χ1v) is 5.21. The standard InChI is InChI=1S/C12H15FN2/c1-8(2)10-4-5-12-11(6-10)7-14-15(12)9(3)13/h4-9H,1-3H3. The Morgan fingerprint density at radius 1 is 1.27 bits per heavy atom. The topological polar surface area (TPSA) is 17.8 Å². The maximum atomic E-state index is 13.2. The van der Waals surface area contributed by atoms with Crippen LogP contribution in [0.1, 0.15) is 38.5 Å². The predicted molar refractivity (Wildman–Crippen MR) is 59.6 cm³/mol. The van der Waals surface area contributed by atoms with Crippen LogP contribution in [0.5, 0.6) is 0 Å². The van der Waals surface area contributed by atoms with Crippen molar-refractivity contribution in [2.75, 3.05) is 0 Å². The molecule has 0 aliphatic rings. The van der Waals surface area contributed by atoms with Crippen LogP contribution < -0.4 is 0 Å². The summed E-state index contributed by atoms with van der Waals surface area (Å²) >= 11 is 0. The van der Waals surface area contributed by atoms with Crippen LogP contribution in [0.4, 0.5) is 4.39 Å². The second-order valence-electron chi connectivity index (χ2n) is 4.14. The molecule has 0 aliphatic heterocycles. The maximum absolute atomic E-state index is 13.2. The molecule has 2 rings (SSSR count). The third-order valence-electron chi connectivity index (χ3n) is 2.62. The summed E-state index contributed by atoms with van der Waals surface area (Å²) in [5, 5.41) is 5.04. The molecule has 0 saturated carbocycles. The Morgan fingerprint density at radius 2 is 2.00 bits per heavy atom. The van der Waals surface area contributed by atoms with E-state index in [2.05, 4.69) is 25.0 Å². The number of halogens is 1. The molecule has 1 atom stereocenters. The molecule has 0 saturated heterocycles. The molecule has 1 aromatic carbocycles. The number of rotatable bonds is 2. The number of hydrogen-bond donors (Lipinski definition) is 0. The zero-order valence-corrected chi connectivity index (χ0v) is 9.24. The minimum absolute atomic E-state index is 0.487. The largest absolute Gasteiger partial charge is 0.232 e. The van der Waals surface area contributed by atoms with E-state index in [4.69, 9.17) is 0 Å². The smallest absolute Gasteiger partial charge is 0.189 e. The highest BCUT2D eigenvalue weighted by atomic mass is 19.1. The van der Waals surface area contributed by atoms with E-state index in [0.29, 0.717) is 5.92 Å². The van der Waals surface area contributed by atoms with Gasteiger partial charge in [0.1, 0.15) is 0 Å². The van der Waals surface area contributed by atoms with Crippen molar-refractivity contribution in [2.45, 2.75) is 33.0 Å². The summed E-state index contributed by atoms with van der Waals surface area (Å²) in [6.45, 7) is 5.77. The van der Waals surface area contributed by atoms with Crippen molar-refractivity contribution >= 4 is 10.9 Å². The van der Waals surface area contributed by atoms with Crippen molar-refractivity contribution < 1.29 is 4.39 Å². The van der Waals surface area contributed by atoms with Crippen LogP contribution >= 0.6 is 0 Å². The fourth-order valence-corrected chi connectivity index (χ4v) is 1.71. The number of alkyl halides is 1. The minimum Gasteiger partial charge on any atom is -0.232 e. The second kappa shape index (κ2) is 3.65. The normalized spacial score (nSPS) is 13.7. The van der Waals surface area contributed by atoms with Gasteiger partial charge < -0.3 is 0 Å². The Kier molecular flexibility index (Phi) is 2.47. The van der Waals surface area contributed by atoms with E-state index < -0.39 is 6.30 Å². The summed E-state index contributed by atoms with van der Waals surface area (Å²) in [7, 11) is 0. The lowest BCUT2D eigenvalue weighted by Crippen LogP contribution is -2.00. The first-order valence-electron chi connectivity index (χ1n) is 5.21. The van der Waals surface area contributed by atoms with E-state index in [9.17, 15) is 4.39 Å². The number of aromatic nitrogens is 2. The third-order valence-corrected chi connectivity index (χ3v) is 2.62. The number of fused-ring (bicyclic) bond motifs is 1. The summed E-state index contributed by atoms with van der Waals surface area (Å²) in [5.74, 6) is 0.487. The Bertz CT molecular complexity index is 471. The molecule has 0 spiro atoms. The van der Waals surface area contributed by atoms with Crippen LogP contribution in [-0.4, -0.2) is 9.78 Å². The fourth-order valence-electron chi connectivity index (χ4n) is 1.71. The van der Waals surface area contributed by atoms with Crippen molar-refractivity contribution in [3.8, 4) is 0 Å². The third kappa shape index (κ3) is 1.74. The quantitative estimate of drug-likeness (QED) is 0.733. The van der Waals surface area contributed by atoms with Crippen LogP contribution in [0.15, 0.2) is 24.4 Å². The molecular weight excluding hydrogens is 191 g/mol. The van der Waals surface area contributed by atoms with Gasteiger partial charge in [0.15, 0.2) is 6.30 Å². The van der Waals surface area contributed by atoms with E-state index in [0.717, 1.165) is 10.9 Å². The van der Waals surface area contributed by atoms with E-state index in [1.54, 1.807) is 6.20 Å². The maximum Gasteiger partial charge on any atom is 0.189 e. The minimum atomic E-state index is -1.08. The van der Waals surface area contributed by atoms with Gasteiger partial charge in [0.2, 0.25) is 0 Å². The first-order chi connectivity index (χ1) is 7.09. The van der Waals surface area contributed by atoms with E-state index >= 15 is 0 Å². The molecule has 0 radical (unpaired) electrons. The highest BCUT2D eigenvalue weighted by Crippen LogP contribution is 2.23. The Balaban J connectivity index is 2.57. The van der Waals surface area contributed by atoms with Gasteiger partial charge in [-0.2, -0.15) is 5.10 Å². The van der Waals surface area contributed by atoms with Gasteiger partial charge in [0.05, 0.1) is 11.7 Å². The summed E-state index contributed by atoms with van der Waals surface area (Å²) in [4.78, 5) is 0. The molecule has 2 nitrogen and oxygen atoms in total. The van der Waals surface area contributed by atoms with Crippen LogP contribution in [0.2, 0.25) is 0 Å². The molecular formula is C12H15FN2. The lowest BCUT2D eigenvalue weighted by molar-refractivity contribution is 0.253. The molecule has 1 heterocycles. The number of hydrogen-bond acceptors (Lipinski definition) is 1. The molecule has 15 heavy (non-hydrogen) atoms. The Hall–Kier alpha value is -1.38. The van der Waals surface area contributed by atoms with Crippen LogP contribution in [-0.2, 0) is 0 Å². The van der Waals surface area contributed by atoms with Crippen LogP contribution in [0.3, 0.4) is 0 Å². The summed E-state index contributed by atoms with van der Waals surface area (Å²) in [6.07, 6.45) is 0.643. The molecule has 0 aliphatic carbocycles. The van der Waals surface area contributed by atoms with E-state index in [-0.39, 0.29) is 0 Å². The average Bonchev–Trinajstić information content (AvgIpc) is 2.59. The van der Waals surface area contributed by atoms with Gasteiger partial charge in [0.25, 0.3) is 0 Å². The zero-order valence-electron chi connectivity index (χ0n) is 9.24. The zero-order chi connectivity index (χ0) is 11.0. The van der Waals surface area contributed by atoms with Crippen LogP contribution in [0, 0.1) is 0 Å². The van der Waals surface area contributed by atoms with Crippen LogP contribution in [0.25, 0.3) is 10.9 Å². The molecule has 1 unspecified atom stereocenters. The molecule has 0 bridgehead atoms. The highest BCUT2D eigenvalue weighted by Gasteiger charge is 2.09. The van der Waals surface area contributed by atoms with Crippen molar-refractivity contribution in [1.82, 2.24) is 9.78 Å². The second-order valence-corrected chi connectivity index (χ2v) is 4.14. The number of nitrogens with zero attached hydrogens (tertiary/aromatic N) is 2. The van der Waals surface area contributed by atoms with Crippen molar-refractivity contribution in [3.63, 3.8) is 0 Å². The first kappa shape index (κ1) is 10.1. The lowest BCUT2D eigenvalue weighted by atomic mass is 10.0. The number of benzene rings is 1. The lowest BCUT2D eigenvalue weighted by Gasteiger charge is -2.06. The van der Waals surface area contributed by atoms with Gasteiger partial charge >= 0.3 is 0 Å². The van der Waals surface area contributed by atoms with Gasteiger partial charge in [0, 0.05) is 5.39 Å². The van der Waals surface area contributed by atoms with E-state index in [1.807, 2.05) is 12.1 Å². The van der Waals surface area contributed by atoms with Gasteiger partial charge in [-0.05, 0) is 30.5 Å². The van der Waals surface area contributed by atoms with Gasteiger partial charge in [-0.25, -0.2) is 9.07 Å². The average molecular weight is 206 g/mol. The fraction of sp³-hybridized carbons (Fsp3) is 0.417. The predicted octanol–water partition coefficient (Wildman–Crippen LogP) is 3.65. The molecule has 0 N–H and O–H groups in total. The molecule has 3 heteroatoms. The summed E-state index contributed by atoms with van der Waals surface area (Å²) in [5.41, 5.74) is 2.11.